The number of halogens is 1. The maximum atomic E-state index is 11.7. The Bertz CT molecular complexity index is 148. The van der Waals surface area contributed by atoms with Crippen molar-refractivity contribution in [2.24, 2.45) is 0 Å². The first kappa shape index (κ1) is 10.7. The normalized spacial score (nSPS) is 26.4. The second-order valence-corrected chi connectivity index (χ2v) is 3.09. The Kier molecular flexibility index (Phi) is 5.78. The Hall–Kier alpha value is -0.410. The molecule has 0 aromatic rings. The Morgan fingerprint density at radius 1 is 1.38 bits per heavy atom. The minimum atomic E-state index is -0.410. The Morgan fingerprint density at radius 2 is 2.23 bits per heavy atom. The third kappa shape index (κ3) is 5.01. The van der Waals surface area contributed by atoms with E-state index in [0.717, 1.165) is 25.9 Å². The van der Waals surface area contributed by atoms with Crippen LogP contribution in [0.25, 0.3) is 0 Å². The highest BCUT2D eigenvalue weighted by Gasteiger charge is 2.09. The Balaban J connectivity index is 2.12. The lowest BCUT2D eigenvalue weighted by Crippen LogP contribution is -2.21. The van der Waals surface area contributed by atoms with Gasteiger partial charge in [0.2, 0.25) is 0 Å². The summed E-state index contributed by atoms with van der Waals surface area (Å²) >= 11 is 0. The zero-order chi connectivity index (χ0) is 9.36. The van der Waals surface area contributed by atoms with E-state index in [-0.39, 0.29) is 12.7 Å². The largest absolute Gasteiger partial charge is 0.376 e. The molecule has 0 saturated heterocycles. The topological polar surface area (TPSA) is 18.5 Å². The van der Waals surface area contributed by atoms with Crippen molar-refractivity contribution in [2.45, 2.75) is 25.4 Å². The molecule has 0 bridgehead atoms. The van der Waals surface area contributed by atoms with Gasteiger partial charge in [-0.1, -0.05) is 12.2 Å². The van der Waals surface area contributed by atoms with Gasteiger partial charge in [-0.25, -0.2) is 4.39 Å². The first-order valence-electron chi connectivity index (χ1n) is 4.84. The summed E-state index contributed by atoms with van der Waals surface area (Å²) in [5.41, 5.74) is 0. The molecule has 0 saturated carbocycles. The van der Waals surface area contributed by atoms with Gasteiger partial charge < -0.3 is 9.47 Å². The summed E-state index contributed by atoms with van der Waals surface area (Å²) in [6.07, 6.45) is 7.44. The summed E-state index contributed by atoms with van der Waals surface area (Å²) in [5, 5.41) is 0. The molecule has 1 heterocycles. The standard InChI is InChI=1S/C10H17FO2/c11-6-8-12-9-10-5-3-1-2-4-7-13-10/h1-2,10H,3-9H2/b2-1+/i11-1. The van der Waals surface area contributed by atoms with Crippen LogP contribution in [-0.4, -0.2) is 32.6 Å². The molecular formula is C10H17FO2. The maximum absolute atomic E-state index is 11.7. The molecule has 1 aliphatic heterocycles. The molecule has 13 heavy (non-hydrogen) atoms. The Morgan fingerprint density at radius 3 is 3.08 bits per heavy atom. The van der Waals surface area contributed by atoms with Gasteiger partial charge in [0.1, 0.15) is 6.67 Å². The fourth-order valence-corrected chi connectivity index (χ4v) is 1.30. The molecule has 2 nitrogen and oxygen atoms in total. The van der Waals surface area contributed by atoms with Gasteiger partial charge in [-0.3, -0.25) is 0 Å². The van der Waals surface area contributed by atoms with Crippen molar-refractivity contribution in [1.82, 2.24) is 0 Å². The lowest BCUT2D eigenvalue weighted by Gasteiger charge is -2.18. The molecule has 1 atom stereocenters. The predicted octanol–water partition coefficient (Wildman–Crippen LogP) is 2.10. The second kappa shape index (κ2) is 7.04. The van der Waals surface area contributed by atoms with Crippen molar-refractivity contribution in [3.8, 4) is 0 Å². The summed E-state index contributed by atoms with van der Waals surface area (Å²) in [4.78, 5) is 0. The van der Waals surface area contributed by atoms with Gasteiger partial charge in [-0.2, -0.15) is 0 Å². The van der Waals surface area contributed by atoms with E-state index in [9.17, 15) is 4.39 Å². The van der Waals surface area contributed by atoms with Gasteiger partial charge in [0.05, 0.1) is 25.9 Å². The van der Waals surface area contributed by atoms with Crippen molar-refractivity contribution in [3.63, 3.8) is 0 Å². The van der Waals surface area contributed by atoms with Gasteiger partial charge in [0, 0.05) is 0 Å². The summed E-state index contributed by atoms with van der Waals surface area (Å²) in [5.74, 6) is 0. The quantitative estimate of drug-likeness (QED) is 0.495. The first-order chi connectivity index (χ1) is 6.43. The summed E-state index contributed by atoms with van der Waals surface area (Å²) < 4.78 is 22.3. The average molecular weight is 187 g/mol. The van der Waals surface area contributed by atoms with Crippen LogP contribution in [0.4, 0.5) is 4.39 Å². The fraction of sp³-hybridized carbons (Fsp3) is 0.800. The SMILES string of the molecule is [18F]CCOCC1CC/C=C/CCO1. The molecule has 0 N–H and O–H groups in total. The van der Waals surface area contributed by atoms with Crippen LogP contribution in [0.1, 0.15) is 19.3 Å². The van der Waals surface area contributed by atoms with E-state index in [2.05, 4.69) is 12.2 Å². The van der Waals surface area contributed by atoms with E-state index in [0.29, 0.717) is 6.61 Å². The maximum Gasteiger partial charge on any atom is 0.113 e. The van der Waals surface area contributed by atoms with Crippen LogP contribution in [0, 0.1) is 0 Å². The summed E-state index contributed by atoms with van der Waals surface area (Å²) in [7, 11) is 0. The van der Waals surface area contributed by atoms with E-state index in [1.807, 2.05) is 0 Å². The summed E-state index contributed by atoms with van der Waals surface area (Å²) in [6.45, 7) is 1.06. The smallest absolute Gasteiger partial charge is 0.113 e. The van der Waals surface area contributed by atoms with Crippen LogP contribution in [0.15, 0.2) is 12.2 Å². The van der Waals surface area contributed by atoms with E-state index in [4.69, 9.17) is 9.47 Å². The van der Waals surface area contributed by atoms with Gasteiger partial charge in [-0.05, 0) is 19.3 Å². The molecule has 0 fully saturated rings. The number of ether oxygens (including phenoxy) is 2. The van der Waals surface area contributed by atoms with Crippen molar-refractivity contribution in [2.75, 3.05) is 26.5 Å². The van der Waals surface area contributed by atoms with E-state index in [1.165, 1.54) is 0 Å². The lowest BCUT2D eigenvalue weighted by molar-refractivity contribution is -0.0218. The number of allylic oxidation sites excluding steroid dienone is 1. The average Bonchev–Trinajstić information content (AvgIpc) is 2.08. The van der Waals surface area contributed by atoms with Crippen LogP contribution < -0.4 is 0 Å². The number of alkyl halides is 1. The monoisotopic (exact) mass is 187 g/mol. The molecule has 1 unspecified atom stereocenters. The first-order valence-corrected chi connectivity index (χ1v) is 4.84. The molecule has 0 radical (unpaired) electrons. The van der Waals surface area contributed by atoms with Gasteiger partial charge in [0.25, 0.3) is 0 Å². The minimum absolute atomic E-state index is 0.150. The zero-order valence-electron chi connectivity index (χ0n) is 7.88. The number of hydrogen-bond acceptors (Lipinski definition) is 2. The van der Waals surface area contributed by atoms with E-state index in [1.54, 1.807) is 0 Å². The van der Waals surface area contributed by atoms with Gasteiger partial charge >= 0.3 is 0 Å². The van der Waals surface area contributed by atoms with Crippen LogP contribution in [0.2, 0.25) is 0 Å². The highest BCUT2D eigenvalue weighted by molar-refractivity contribution is 4.84. The molecule has 0 aliphatic carbocycles. The third-order valence-electron chi connectivity index (χ3n) is 1.99. The number of rotatable bonds is 4. The van der Waals surface area contributed by atoms with Crippen LogP contribution in [0.5, 0.6) is 0 Å². The highest BCUT2D eigenvalue weighted by atomic mass is 18.2. The minimum Gasteiger partial charge on any atom is -0.376 e. The van der Waals surface area contributed by atoms with Crippen molar-refractivity contribution < 1.29 is 13.9 Å². The lowest BCUT2D eigenvalue weighted by atomic mass is 10.1. The molecule has 1 aliphatic rings. The predicted molar refractivity (Wildman–Crippen MR) is 49.5 cm³/mol. The second-order valence-electron chi connectivity index (χ2n) is 3.09. The molecule has 0 aromatic heterocycles. The van der Waals surface area contributed by atoms with Crippen molar-refractivity contribution in [3.05, 3.63) is 12.2 Å². The van der Waals surface area contributed by atoms with Gasteiger partial charge in [0.15, 0.2) is 0 Å². The molecule has 0 aromatic carbocycles. The zero-order valence-corrected chi connectivity index (χ0v) is 7.88. The molecule has 0 amide bonds. The van der Waals surface area contributed by atoms with E-state index >= 15 is 0 Å². The molecule has 3 heteroatoms. The molecular weight excluding hydrogens is 170 g/mol. The number of hydrogen-bond donors (Lipinski definition) is 0. The van der Waals surface area contributed by atoms with Crippen molar-refractivity contribution >= 4 is 0 Å². The third-order valence-corrected chi connectivity index (χ3v) is 1.99. The molecule has 0 spiro atoms. The highest BCUT2D eigenvalue weighted by Crippen LogP contribution is 2.08. The molecule has 1 rings (SSSR count). The summed E-state index contributed by atoms with van der Waals surface area (Å²) in [6, 6.07) is 0. The Labute approximate surface area is 78.7 Å². The van der Waals surface area contributed by atoms with Crippen LogP contribution >= 0.6 is 0 Å². The van der Waals surface area contributed by atoms with Crippen LogP contribution in [0.3, 0.4) is 0 Å². The van der Waals surface area contributed by atoms with Crippen molar-refractivity contribution in [1.29, 1.82) is 0 Å². The van der Waals surface area contributed by atoms with Crippen LogP contribution in [-0.2, 0) is 9.47 Å². The fourth-order valence-electron chi connectivity index (χ4n) is 1.30. The molecule has 76 valence electrons. The van der Waals surface area contributed by atoms with E-state index < -0.39 is 6.67 Å². The van der Waals surface area contributed by atoms with Gasteiger partial charge in [-0.15, -0.1) is 0 Å².